The zero-order valence-corrected chi connectivity index (χ0v) is 13.1. The van der Waals surface area contributed by atoms with E-state index < -0.39 is 5.78 Å². The van der Waals surface area contributed by atoms with E-state index in [-0.39, 0.29) is 17.6 Å². The highest BCUT2D eigenvalue weighted by Gasteiger charge is 2.11. The van der Waals surface area contributed by atoms with Crippen LogP contribution in [-0.2, 0) is 0 Å². The lowest BCUT2D eigenvalue weighted by atomic mass is 10.1. The molecule has 0 N–H and O–H groups in total. The molecule has 0 unspecified atom stereocenters. The Morgan fingerprint density at radius 3 is 2.88 bits per heavy atom. The lowest BCUT2D eigenvalue weighted by Gasteiger charge is -2.02. The van der Waals surface area contributed by atoms with Gasteiger partial charge in [0.05, 0.1) is 5.39 Å². The van der Waals surface area contributed by atoms with Crippen molar-refractivity contribution in [1.29, 1.82) is 5.26 Å². The third-order valence-corrected chi connectivity index (χ3v) is 3.53. The Labute approximate surface area is 143 Å². The molecule has 5 heteroatoms. The van der Waals surface area contributed by atoms with Crippen LogP contribution in [0.3, 0.4) is 0 Å². The molecular weight excluding hydrogens is 318 g/mol. The van der Waals surface area contributed by atoms with E-state index in [0.717, 1.165) is 0 Å². The van der Waals surface area contributed by atoms with Gasteiger partial charge in [-0.15, -0.1) is 0 Å². The SMILES string of the molecule is N#CCOc1cccc(/C=C/C(=O)c2coc3ccccc3c2=O)c1. The van der Waals surface area contributed by atoms with E-state index in [0.29, 0.717) is 22.3 Å². The summed E-state index contributed by atoms with van der Waals surface area (Å²) in [7, 11) is 0. The molecule has 5 nitrogen and oxygen atoms in total. The van der Waals surface area contributed by atoms with Crippen molar-refractivity contribution >= 4 is 22.8 Å². The van der Waals surface area contributed by atoms with Crippen molar-refractivity contribution in [1.82, 2.24) is 0 Å². The van der Waals surface area contributed by atoms with Gasteiger partial charge in [0.2, 0.25) is 5.43 Å². The summed E-state index contributed by atoms with van der Waals surface area (Å²) in [6.07, 6.45) is 4.07. The molecule has 0 spiro atoms. The third kappa shape index (κ3) is 3.65. The van der Waals surface area contributed by atoms with E-state index >= 15 is 0 Å². The molecule has 0 radical (unpaired) electrons. The summed E-state index contributed by atoms with van der Waals surface area (Å²) in [6, 6.07) is 15.6. The standard InChI is InChI=1S/C20H13NO4/c21-10-11-24-15-5-3-4-14(12-15)8-9-18(22)17-13-25-19-7-2-1-6-16(19)20(17)23/h1-9,12-13H,11H2/b9-8+. The molecule has 0 atom stereocenters. The number of nitriles is 1. The van der Waals surface area contributed by atoms with Crippen molar-refractivity contribution in [2.45, 2.75) is 0 Å². The van der Waals surface area contributed by atoms with Gasteiger partial charge in [-0.1, -0.05) is 30.3 Å². The number of fused-ring (bicyclic) bond motifs is 1. The quantitative estimate of drug-likeness (QED) is 0.527. The molecule has 25 heavy (non-hydrogen) atoms. The van der Waals surface area contributed by atoms with E-state index in [9.17, 15) is 9.59 Å². The van der Waals surface area contributed by atoms with Gasteiger partial charge in [0.1, 0.15) is 29.2 Å². The lowest BCUT2D eigenvalue weighted by molar-refractivity contribution is 0.104. The van der Waals surface area contributed by atoms with Gasteiger partial charge in [0.25, 0.3) is 0 Å². The monoisotopic (exact) mass is 331 g/mol. The number of benzene rings is 2. The van der Waals surface area contributed by atoms with Crippen molar-refractivity contribution in [3.05, 3.63) is 82.2 Å². The molecular formula is C20H13NO4. The fourth-order valence-corrected chi connectivity index (χ4v) is 2.33. The number of ketones is 1. The Hall–Kier alpha value is -3.65. The van der Waals surface area contributed by atoms with Gasteiger partial charge in [-0.2, -0.15) is 5.26 Å². The van der Waals surface area contributed by atoms with Crippen LogP contribution in [0.5, 0.6) is 5.75 Å². The number of hydrogen-bond acceptors (Lipinski definition) is 5. The maximum absolute atomic E-state index is 12.4. The molecule has 3 aromatic rings. The summed E-state index contributed by atoms with van der Waals surface area (Å²) < 4.78 is 10.6. The number of hydrogen-bond donors (Lipinski definition) is 0. The Morgan fingerprint density at radius 2 is 2.04 bits per heavy atom. The summed E-state index contributed by atoms with van der Waals surface area (Å²) in [5.41, 5.74) is 0.777. The molecule has 1 heterocycles. The van der Waals surface area contributed by atoms with Crippen LogP contribution < -0.4 is 10.2 Å². The van der Waals surface area contributed by atoms with Crippen LogP contribution in [0.15, 0.2) is 70.1 Å². The molecule has 0 aliphatic rings. The van der Waals surface area contributed by atoms with Gasteiger partial charge in [-0.3, -0.25) is 9.59 Å². The van der Waals surface area contributed by atoms with E-state index in [4.69, 9.17) is 14.4 Å². The largest absolute Gasteiger partial charge is 0.479 e. The second-order valence-corrected chi connectivity index (χ2v) is 5.19. The highest BCUT2D eigenvalue weighted by molar-refractivity contribution is 6.07. The molecule has 0 fully saturated rings. The van der Waals surface area contributed by atoms with Crippen molar-refractivity contribution in [2.75, 3.05) is 6.61 Å². The summed E-state index contributed by atoms with van der Waals surface area (Å²) in [5.74, 6) is 0.0872. The van der Waals surface area contributed by atoms with Crippen molar-refractivity contribution in [3.8, 4) is 11.8 Å². The molecule has 0 bridgehead atoms. The molecule has 122 valence electrons. The van der Waals surface area contributed by atoms with Gasteiger partial charge >= 0.3 is 0 Å². The first-order chi connectivity index (χ1) is 12.2. The topological polar surface area (TPSA) is 80.3 Å². The van der Waals surface area contributed by atoms with Gasteiger partial charge in [0.15, 0.2) is 12.4 Å². The van der Waals surface area contributed by atoms with Crippen LogP contribution in [-0.4, -0.2) is 12.4 Å². The van der Waals surface area contributed by atoms with Crippen molar-refractivity contribution < 1.29 is 13.9 Å². The zero-order valence-electron chi connectivity index (χ0n) is 13.1. The maximum atomic E-state index is 12.4. The molecule has 1 aromatic heterocycles. The van der Waals surface area contributed by atoms with Crippen LogP contribution in [0.1, 0.15) is 15.9 Å². The number of ether oxygens (including phenoxy) is 1. The van der Waals surface area contributed by atoms with Gasteiger partial charge in [-0.25, -0.2) is 0 Å². The normalized spacial score (nSPS) is 10.7. The average Bonchev–Trinajstić information content (AvgIpc) is 2.65. The minimum Gasteiger partial charge on any atom is -0.479 e. The smallest absolute Gasteiger partial charge is 0.203 e. The second kappa shape index (κ2) is 7.28. The number of nitrogens with zero attached hydrogens (tertiary/aromatic N) is 1. The fraction of sp³-hybridized carbons (Fsp3) is 0.0500. The van der Waals surface area contributed by atoms with Crippen molar-refractivity contribution in [2.24, 2.45) is 0 Å². The molecule has 0 aliphatic carbocycles. The van der Waals surface area contributed by atoms with E-state index in [1.165, 1.54) is 12.3 Å². The predicted octanol–water partition coefficient (Wildman–Crippen LogP) is 3.59. The molecule has 0 saturated heterocycles. The number of rotatable bonds is 5. The van der Waals surface area contributed by atoms with Gasteiger partial charge < -0.3 is 9.15 Å². The van der Waals surface area contributed by atoms with Crippen molar-refractivity contribution in [3.63, 3.8) is 0 Å². The summed E-state index contributed by atoms with van der Waals surface area (Å²) >= 11 is 0. The van der Waals surface area contributed by atoms with E-state index in [1.54, 1.807) is 54.6 Å². The molecule has 0 saturated carbocycles. The Morgan fingerprint density at radius 1 is 1.20 bits per heavy atom. The molecule has 2 aromatic carbocycles. The highest BCUT2D eigenvalue weighted by Crippen LogP contribution is 2.15. The summed E-state index contributed by atoms with van der Waals surface area (Å²) in [6.45, 7) is -0.0514. The molecule has 0 aliphatic heterocycles. The van der Waals surface area contributed by atoms with Crippen LogP contribution >= 0.6 is 0 Å². The Kier molecular flexibility index (Phi) is 4.72. The lowest BCUT2D eigenvalue weighted by Crippen LogP contribution is -2.13. The molecule has 3 rings (SSSR count). The number of carbonyl (C=O) groups excluding carboxylic acids is 1. The minimum absolute atomic E-state index is 0.0214. The first-order valence-corrected chi connectivity index (χ1v) is 7.52. The minimum atomic E-state index is -0.442. The zero-order chi connectivity index (χ0) is 17.6. The fourth-order valence-electron chi connectivity index (χ4n) is 2.33. The van der Waals surface area contributed by atoms with Crippen LogP contribution in [0.4, 0.5) is 0 Å². The Bertz CT molecular complexity index is 1060. The van der Waals surface area contributed by atoms with Crippen LogP contribution in [0.25, 0.3) is 17.0 Å². The maximum Gasteiger partial charge on any atom is 0.203 e. The van der Waals surface area contributed by atoms with Crippen LogP contribution in [0, 0.1) is 11.3 Å². The van der Waals surface area contributed by atoms with Gasteiger partial charge in [-0.05, 0) is 35.9 Å². The first kappa shape index (κ1) is 16.2. The highest BCUT2D eigenvalue weighted by atomic mass is 16.5. The number of allylic oxidation sites excluding steroid dienone is 1. The number of carbonyl (C=O) groups is 1. The second-order valence-electron chi connectivity index (χ2n) is 5.19. The predicted molar refractivity (Wildman–Crippen MR) is 93.4 cm³/mol. The third-order valence-electron chi connectivity index (χ3n) is 3.53. The Balaban J connectivity index is 1.85. The average molecular weight is 331 g/mol. The molecule has 0 amide bonds. The van der Waals surface area contributed by atoms with E-state index in [2.05, 4.69) is 0 Å². The number of para-hydroxylation sites is 1. The summed E-state index contributed by atoms with van der Waals surface area (Å²) in [4.78, 5) is 24.7. The van der Waals surface area contributed by atoms with Gasteiger partial charge in [0, 0.05) is 0 Å². The van der Waals surface area contributed by atoms with Crippen LogP contribution in [0.2, 0.25) is 0 Å². The van der Waals surface area contributed by atoms with E-state index in [1.807, 2.05) is 6.07 Å². The first-order valence-electron chi connectivity index (χ1n) is 7.52. The summed E-state index contributed by atoms with van der Waals surface area (Å²) in [5, 5.41) is 8.90.